The zero-order valence-electron chi connectivity index (χ0n) is 17.4. The molecular formula is C20H27BBrNO4S. The van der Waals surface area contributed by atoms with Crippen LogP contribution in [0.1, 0.15) is 48.5 Å². The van der Waals surface area contributed by atoms with Gasteiger partial charge in [-0.1, -0.05) is 0 Å². The van der Waals surface area contributed by atoms with E-state index >= 15 is 0 Å². The molecule has 1 aliphatic heterocycles. The fourth-order valence-corrected chi connectivity index (χ4v) is 4.57. The van der Waals surface area contributed by atoms with Gasteiger partial charge in [0.25, 0.3) is 0 Å². The summed E-state index contributed by atoms with van der Waals surface area (Å²) in [5.74, 6) is -0.223. The number of carbonyl (C=O) groups is 1. The smallest absolute Gasteiger partial charge is 0.465 e. The summed E-state index contributed by atoms with van der Waals surface area (Å²) in [4.78, 5) is 16.6. The zero-order valence-corrected chi connectivity index (χ0v) is 19.8. The number of hydrogen-bond acceptors (Lipinski definition) is 5. The summed E-state index contributed by atoms with van der Waals surface area (Å²) in [6.45, 7) is 14.1. The minimum absolute atomic E-state index is 0.223. The molecule has 1 fully saturated rings. The number of thioether (sulfide) groups is 1. The molecule has 2 aromatic rings. The lowest BCUT2D eigenvalue weighted by molar-refractivity contribution is -0.145. The Morgan fingerprint density at radius 3 is 2.39 bits per heavy atom. The molecule has 0 amide bonds. The van der Waals surface area contributed by atoms with Gasteiger partial charge in [-0.2, -0.15) is 0 Å². The molecular weight excluding hydrogens is 441 g/mol. The Bertz CT molecular complexity index is 893. The first kappa shape index (κ1) is 21.7. The molecule has 0 bridgehead atoms. The number of aromatic nitrogens is 1. The molecule has 152 valence electrons. The second-order valence-corrected chi connectivity index (χ2v) is 11.0. The molecule has 28 heavy (non-hydrogen) atoms. The van der Waals surface area contributed by atoms with Gasteiger partial charge >= 0.3 is 13.1 Å². The summed E-state index contributed by atoms with van der Waals surface area (Å²) >= 11 is 5.11. The standard InChI is InChI=1S/C20H27BBrNO4S/c1-8-25-17(24)18(2,3)28-15-9-12-10-16(23-14(12)11-13(15)22)21-26-19(4,5)20(6,7)27-21/h9-11,23H,8H2,1-7H3. The van der Waals surface area contributed by atoms with Gasteiger partial charge in [-0.15, -0.1) is 11.8 Å². The minimum atomic E-state index is -0.683. The van der Waals surface area contributed by atoms with Crippen molar-refractivity contribution in [2.45, 2.75) is 69.3 Å². The Kier molecular flexibility index (Phi) is 5.73. The Balaban J connectivity index is 1.89. The number of H-pyrrole nitrogens is 1. The lowest BCUT2D eigenvalue weighted by atomic mass is 9.85. The minimum Gasteiger partial charge on any atom is -0.465 e. The molecule has 1 aliphatic rings. The van der Waals surface area contributed by atoms with Crippen LogP contribution in [0.5, 0.6) is 0 Å². The highest BCUT2D eigenvalue weighted by molar-refractivity contribution is 9.10. The number of esters is 1. The van der Waals surface area contributed by atoms with Crippen molar-refractivity contribution in [3.05, 3.63) is 22.7 Å². The average molecular weight is 468 g/mol. The Labute approximate surface area is 179 Å². The molecule has 1 N–H and O–H groups in total. The van der Waals surface area contributed by atoms with Crippen molar-refractivity contribution in [3.63, 3.8) is 0 Å². The molecule has 1 aromatic heterocycles. The van der Waals surface area contributed by atoms with E-state index < -0.39 is 11.9 Å². The van der Waals surface area contributed by atoms with Crippen molar-refractivity contribution in [2.75, 3.05) is 6.61 Å². The predicted molar refractivity (Wildman–Crippen MR) is 118 cm³/mol. The number of nitrogens with one attached hydrogen (secondary N) is 1. The summed E-state index contributed by atoms with van der Waals surface area (Å²) in [5, 5.41) is 1.04. The Morgan fingerprint density at radius 2 is 1.82 bits per heavy atom. The first-order valence-corrected chi connectivity index (χ1v) is 11.0. The molecule has 0 radical (unpaired) electrons. The number of rotatable bonds is 5. The first-order chi connectivity index (χ1) is 12.9. The number of fused-ring (bicyclic) bond motifs is 1. The monoisotopic (exact) mass is 467 g/mol. The fraction of sp³-hybridized carbons (Fsp3) is 0.550. The van der Waals surface area contributed by atoms with Crippen LogP contribution in [0.2, 0.25) is 0 Å². The van der Waals surface area contributed by atoms with Gasteiger partial charge in [0.1, 0.15) is 4.75 Å². The molecule has 1 aromatic carbocycles. The zero-order chi connectivity index (χ0) is 20.9. The van der Waals surface area contributed by atoms with Crippen molar-refractivity contribution >= 4 is 57.3 Å². The number of carbonyl (C=O) groups excluding carboxylic acids is 1. The third kappa shape index (κ3) is 4.02. The highest BCUT2D eigenvalue weighted by Crippen LogP contribution is 2.40. The van der Waals surface area contributed by atoms with E-state index in [0.29, 0.717) is 6.61 Å². The van der Waals surface area contributed by atoms with Crippen LogP contribution in [0.25, 0.3) is 10.9 Å². The highest BCUT2D eigenvalue weighted by atomic mass is 79.9. The van der Waals surface area contributed by atoms with E-state index in [4.69, 9.17) is 14.0 Å². The highest BCUT2D eigenvalue weighted by Gasteiger charge is 2.52. The SMILES string of the molecule is CCOC(=O)C(C)(C)Sc1cc2cc(B3OC(C)(C)C(C)(C)O3)[nH]c2cc1Br. The summed E-state index contributed by atoms with van der Waals surface area (Å²) in [6.07, 6.45) is 0. The summed E-state index contributed by atoms with van der Waals surface area (Å²) in [7, 11) is -0.441. The van der Waals surface area contributed by atoms with Gasteiger partial charge in [-0.3, -0.25) is 4.79 Å². The second kappa shape index (κ2) is 7.38. The largest absolute Gasteiger partial charge is 0.512 e. The Morgan fingerprint density at radius 1 is 1.21 bits per heavy atom. The number of benzene rings is 1. The van der Waals surface area contributed by atoms with Crippen LogP contribution >= 0.6 is 27.7 Å². The maximum absolute atomic E-state index is 12.2. The van der Waals surface area contributed by atoms with Gasteiger partial charge in [-0.25, -0.2) is 0 Å². The summed E-state index contributed by atoms with van der Waals surface area (Å²) in [6, 6.07) is 6.13. The van der Waals surface area contributed by atoms with Gasteiger partial charge < -0.3 is 19.0 Å². The molecule has 0 unspecified atom stereocenters. The van der Waals surface area contributed by atoms with Crippen molar-refractivity contribution in [1.82, 2.24) is 4.98 Å². The predicted octanol–water partition coefficient (Wildman–Crippen LogP) is 4.66. The van der Waals surface area contributed by atoms with Gasteiger partial charge in [0, 0.05) is 25.9 Å². The topological polar surface area (TPSA) is 60.6 Å². The molecule has 1 saturated heterocycles. The molecule has 5 nitrogen and oxygen atoms in total. The van der Waals surface area contributed by atoms with Crippen molar-refractivity contribution in [2.24, 2.45) is 0 Å². The van der Waals surface area contributed by atoms with Crippen LogP contribution in [0, 0.1) is 0 Å². The van der Waals surface area contributed by atoms with Crippen LogP contribution in [-0.4, -0.2) is 40.6 Å². The van der Waals surface area contributed by atoms with Crippen LogP contribution in [0.3, 0.4) is 0 Å². The number of ether oxygens (including phenoxy) is 1. The lowest BCUT2D eigenvalue weighted by Crippen LogP contribution is -2.41. The van der Waals surface area contributed by atoms with Gasteiger partial charge in [0.05, 0.1) is 17.8 Å². The van der Waals surface area contributed by atoms with Crippen molar-refractivity contribution in [1.29, 1.82) is 0 Å². The van der Waals surface area contributed by atoms with Crippen molar-refractivity contribution < 1.29 is 18.8 Å². The molecule has 0 spiro atoms. The van der Waals surface area contributed by atoms with Crippen molar-refractivity contribution in [3.8, 4) is 0 Å². The van der Waals surface area contributed by atoms with E-state index in [-0.39, 0.29) is 17.2 Å². The maximum Gasteiger partial charge on any atom is 0.512 e. The average Bonchev–Trinajstić information content (AvgIpc) is 3.05. The Hall–Kier alpha value is -0.955. The van der Waals surface area contributed by atoms with E-state index in [1.54, 1.807) is 0 Å². The molecule has 0 aliphatic carbocycles. The number of halogens is 1. The first-order valence-electron chi connectivity index (χ1n) is 9.40. The summed E-state index contributed by atoms with van der Waals surface area (Å²) < 4.78 is 17.7. The van der Waals surface area contributed by atoms with Crippen LogP contribution in [0.15, 0.2) is 27.6 Å². The molecule has 3 rings (SSSR count). The quantitative estimate of drug-likeness (QED) is 0.393. The fourth-order valence-electron chi connectivity index (χ4n) is 2.95. The maximum atomic E-state index is 12.2. The molecule has 2 heterocycles. The third-order valence-corrected chi connectivity index (χ3v) is 7.49. The number of aromatic amines is 1. The van der Waals surface area contributed by atoms with Crippen LogP contribution in [-0.2, 0) is 18.8 Å². The van der Waals surface area contributed by atoms with Crippen LogP contribution in [0.4, 0.5) is 0 Å². The van der Waals surface area contributed by atoms with Gasteiger partial charge in [0.2, 0.25) is 0 Å². The van der Waals surface area contributed by atoms with E-state index in [2.05, 4.69) is 27.0 Å². The van der Waals surface area contributed by atoms with Gasteiger partial charge in [0.15, 0.2) is 0 Å². The molecule has 0 atom stereocenters. The van der Waals surface area contributed by atoms with E-state index in [0.717, 1.165) is 25.9 Å². The normalized spacial score (nSPS) is 18.6. The molecule has 0 saturated carbocycles. The van der Waals surface area contributed by atoms with E-state index in [1.807, 2.05) is 60.6 Å². The van der Waals surface area contributed by atoms with E-state index in [9.17, 15) is 4.79 Å². The van der Waals surface area contributed by atoms with Gasteiger partial charge in [-0.05, 0) is 82.6 Å². The lowest BCUT2D eigenvalue weighted by Gasteiger charge is -2.32. The van der Waals surface area contributed by atoms with Crippen LogP contribution < -0.4 is 5.59 Å². The molecule has 8 heteroatoms. The second-order valence-electron chi connectivity index (χ2n) is 8.52. The number of hydrogen-bond donors (Lipinski definition) is 1. The van der Waals surface area contributed by atoms with E-state index in [1.165, 1.54) is 11.8 Å². The summed E-state index contributed by atoms with van der Waals surface area (Å²) in [5.41, 5.74) is 1.09. The third-order valence-electron chi connectivity index (χ3n) is 5.33.